The van der Waals surface area contributed by atoms with Crippen molar-refractivity contribution < 1.29 is 24.2 Å². The molecule has 0 bridgehead atoms. The van der Waals surface area contributed by atoms with Gasteiger partial charge in [0.05, 0.1) is 18.1 Å². The van der Waals surface area contributed by atoms with E-state index in [0.717, 1.165) is 24.0 Å². The van der Waals surface area contributed by atoms with Crippen LogP contribution in [0.2, 0.25) is 0 Å². The predicted octanol–water partition coefficient (Wildman–Crippen LogP) is 6.11. The van der Waals surface area contributed by atoms with Crippen molar-refractivity contribution in [3.05, 3.63) is 72.3 Å². The van der Waals surface area contributed by atoms with Crippen LogP contribution in [-0.2, 0) is 14.3 Å². The van der Waals surface area contributed by atoms with Gasteiger partial charge in [-0.2, -0.15) is 0 Å². The van der Waals surface area contributed by atoms with E-state index in [4.69, 9.17) is 9.47 Å². The van der Waals surface area contributed by atoms with Gasteiger partial charge in [0.2, 0.25) is 0 Å². The van der Waals surface area contributed by atoms with Gasteiger partial charge in [-0.1, -0.05) is 93.6 Å². The number of esters is 2. The number of aliphatic hydroxyl groups excluding tert-OH is 1. The number of fused-ring (bicyclic) bond motifs is 1. The molecule has 2 fully saturated rings. The van der Waals surface area contributed by atoms with Crippen molar-refractivity contribution in [1.82, 2.24) is 0 Å². The molecule has 5 heteroatoms. The summed E-state index contributed by atoms with van der Waals surface area (Å²) in [5.74, 6) is -0.741. The molecule has 1 heterocycles. The first-order valence-corrected chi connectivity index (χ1v) is 13.0. The number of ether oxygens (including phenoxy) is 2. The summed E-state index contributed by atoms with van der Waals surface area (Å²) >= 11 is 0. The van der Waals surface area contributed by atoms with E-state index in [1.54, 1.807) is 12.1 Å². The number of hydrogen-bond acceptors (Lipinski definition) is 5. The molecule has 1 aliphatic carbocycles. The van der Waals surface area contributed by atoms with Crippen LogP contribution in [0.25, 0.3) is 11.1 Å². The third-order valence-corrected chi connectivity index (χ3v) is 7.20. The molecule has 5 nitrogen and oxygen atoms in total. The minimum Gasteiger partial charge on any atom is -0.462 e. The highest BCUT2D eigenvalue weighted by molar-refractivity contribution is 5.90. The van der Waals surface area contributed by atoms with E-state index in [9.17, 15) is 14.7 Å². The van der Waals surface area contributed by atoms with Crippen molar-refractivity contribution >= 4 is 11.9 Å². The minimum absolute atomic E-state index is 0.0197. The summed E-state index contributed by atoms with van der Waals surface area (Å²) in [6.07, 6.45) is 9.88. The Morgan fingerprint density at radius 3 is 2.51 bits per heavy atom. The standard InChI is InChI=1S/C30H36O5/c1-2-3-4-5-9-12-24(31)17-18-25-26-19-29(32)34-28(26)20-27(25)35-30(33)23-15-13-22(14-16-23)21-10-7-6-8-11-21/h6-8,10-11,13-18,24-28,31H,2-5,9,12,19-20H2,1H3/b18-17+/t24-,25+,26+,27+,28-/m0/s1. The van der Waals surface area contributed by atoms with Crippen molar-refractivity contribution in [1.29, 1.82) is 0 Å². The molecule has 4 rings (SSSR count). The Balaban J connectivity index is 1.38. The van der Waals surface area contributed by atoms with E-state index >= 15 is 0 Å². The Kier molecular flexibility index (Phi) is 8.75. The summed E-state index contributed by atoms with van der Waals surface area (Å²) in [7, 11) is 0. The molecule has 1 saturated carbocycles. The third-order valence-electron chi connectivity index (χ3n) is 7.20. The molecular weight excluding hydrogens is 440 g/mol. The van der Waals surface area contributed by atoms with Gasteiger partial charge in [0.1, 0.15) is 12.2 Å². The molecule has 2 aliphatic rings. The van der Waals surface area contributed by atoms with Crippen molar-refractivity contribution in [2.75, 3.05) is 0 Å². The number of carbonyl (C=O) groups is 2. The third kappa shape index (κ3) is 6.61. The van der Waals surface area contributed by atoms with Gasteiger partial charge in [-0.25, -0.2) is 4.79 Å². The lowest BCUT2D eigenvalue weighted by Crippen LogP contribution is -2.25. The highest BCUT2D eigenvalue weighted by Gasteiger charge is 2.50. The maximum atomic E-state index is 12.9. The second kappa shape index (κ2) is 12.2. The molecule has 0 amide bonds. The Morgan fingerprint density at radius 2 is 1.77 bits per heavy atom. The SMILES string of the molecule is CCCCCCC[C@H](O)/C=C/[C@@H]1[C@H]2CC(=O)O[C@H]2C[C@H]1OC(=O)c1ccc(-c2ccccc2)cc1. The van der Waals surface area contributed by atoms with Crippen LogP contribution in [0.3, 0.4) is 0 Å². The quantitative estimate of drug-likeness (QED) is 0.241. The molecule has 186 valence electrons. The van der Waals surface area contributed by atoms with Gasteiger partial charge in [-0.3, -0.25) is 4.79 Å². The number of carbonyl (C=O) groups excluding carboxylic acids is 2. The van der Waals surface area contributed by atoms with E-state index in [1.165, 1.54) is 19.3 Å². The Morgan fingerprint density at radius 1 is 1.06 bits per heavy atom. The number of aliphatic hydroxyl groups is 1. The lowest BCUT2D eigenvalue weighted by Gasteiger charge is -2.20. The summed E-state index contributed by atoms with van der Waals surface area (Å²) in [4.78, 5) is 24.8. The summed E-state index contributed by atoms with van der Waals surface area (Å²) in [5.41, 5.74) is 2.62. The number of unbranched alkanes of at least 4 members (excludes halogenated alkanes) is 4. The topological polar surface area (TPSA) is 72.8 Å². The fourth-order valence-electron chi connectivity index (χ4n) is 5.23. The Hall–Kier alpha value is -2.92. The largest absolute Gasteiger partial charge is 0.462 e. The maximum Gasteiger partial charge on any atom is 0.338 e. The van der Waals surface area contributed by atoms with Crippen LogP contribution in [0.1, 0.15) is 68.6 Å². The summed E-state index contributed by atoms with van der Waals surface area (Å²) in [6, 6.07) is 17.4. The Bertz CT molecular complexity index is 997. The van der Waals surface area contributed by atoms with E-state index in [-0.39, 0.29) is 36.0 Å². The monoisotopic (exact) mass is 476 g/mol. The average molecular weight is 477 g/mol. The molecule has 0 radical (unpaired) electrons. The van der Waals surface area contributed by atoms with Crippen molar-refractivity contribution in [2.45, 2.75) is 76.6 Å². The van der Waals surface area contributed by atoms with Crippen LogP contribution in [-0.4, -0.2) is 35.4 Å². The lowest BCUT2D eigenvalue weighted by molar-refractivity contribution is -0.141. The van der Waals surface area contributed by atoms with Crippen LogP contribution >= 0.6 is 0 Å². The zero-order valence-electron chi connectivity index (χ0n) is 20.5. The molecule has 1 saturated heterocycles. The highest BCUT2D eigenvalue weighted by Crippen LogP contribution is 2.43. The summed E-state index contributed by atoms with van der Waals surface area (Å²) in [6.45, 7) is 2.19. The molecular formula is C30H36O5. The van der Waals surface area contributed by atoms with Crippen molar-refractivity contribution in [2.24, 2.45) is 11.8 Å². The van der Waals surface area contributed by atoms with E-state index in [2.05, 4.69) is 6.92 Å². The van der Waals surface area contributed by atoms with Gasteiger partial charge in [0, 0.05) is 18.3 Å². The Labute approximate surface area is 208 Å². The summed E-state index contributed by atoms with van der Waals surface area (Å²) in [5, 5.41) is 10.4. The lowest BCUT2D eigenvalue weighted by atomic mass is 9.91. The molecule has 1 N–H and O–H groups in total. The van der Waals surface area contributed by atoms with Gasteiger partial charge in [0.25, 0.3) is 0 Å². The molecule has 2 aromatic rings. The van der Waals surface area contributed by atoms with Crippen LogP contribution in [0.4, 0.5) is 0 Å². The number of benzene rings is 2. The zero-order chi connectivity index (χ0) is 24.6. The van der Waals surface area contributed by atoms with E-state index in [0.29, 0.717) is 24.8 Å². The van der Waals surface area contributed by atoms with E-state index < -0.39 is 6.10 Å². The summed E-state index contributed by atoms with van der Waals surface area (Å²) < 4.78 is 11.4. The zero-order valence-corrected chi connectivity index (χ0v) is 20.5. The number of rotatable bonds is 11. The molecule has 2 aromatic carbocycles. The average Bonchev–Trinajstić information content (AvgIpc) is 3.38. The first-order chi connectivity index (χ1) is 17.0. The van der Waals surface area contributed by atoms with Crippen molar-refractivity contribution in [3.8, 4) is 11.1 Å². The van der Waals surface area contributed by atoms with Crippen LogP contribution in [0.5, 0.6) is 0 Å². The predicted molar refractivity (Wildman–Crippen MR) is 136 cm³/mol. The van der Waals surface area contributed by atoms with Crippen LogP contribution in [0, 0.1) is 11.8 Å². The highest BCUT2D eigenvalue weighted by atomic mass is 16.6. The van der Waals surface area contributed by atoms with Gasteiger partial charge in [-0.05, 0) is 29.7 Å². The smallest absolute Gasteiger partial charge is 0.338 e. The second-order valence-electron chi connectivity index (χ2n) is 9.75. The molecule has 1 aliphatic heterocycles. The molecule has 5 atom stereocenters. The van der Waals surface area contributed by atoms with Gasteiger partial charge in [0.15, 0.2) is 0 Å². The van der Waals surface area contributed by atoms with E-state index in [1.807, 2.05) is 54.6 Å². The van der Waals surface area contributed by atoms with Gasteiger partial charge < -0.3 is 14.6 Å². The molecule has 0 spiro atoms. The first kappa shape index (κ1) is 25.2. The molecule has 0 unspecified atom stereocenters. The van der Waals surface area contributed by atoms with Gasteiger partial charge >= 0.3 is 11.9 Å². The van der Waals surface area contributed by atoms with Crippen molar-refractivity contribution in [3.63, 3.8) is 0 Å². The van der Waals surface area contributed by atoms with Crippen LogP contribution in [0.15, 0.2) is 66.7 Å². The van der Waals surface area contributed by atoms with Crippen LogP contribution < -0.4 is 0 Å². The molecule has 35 heavy (non-hydrogen) atoms. The van der Waals surface area contributed by atoms with Gasteiger partial charge in [-0.15, -0.1) is 0 Å². The minimum atomic E-state index is -0.532. The number of hydrogen-bond donors (Lipinski definition) is 1. The first-order valence-electron chi connectivity index (χ1n) is 13.0. The fourth-order valence-corrected chi connectivity index (χ4v) is 5.23. The normalized spacial score (nSPS) is 24.3. The molecule has 0 aromatic heterocycles. The fraction of sp³-hybridized carbons (Fsp3) is 0.467. The maximum absolute atomic E-state index is 12.9. The second-order valence-corrected chi connectivity index (χ2v) is 9.75.